The van der Waals surface area contributed by atoms with Crippen LogP contribution in [0.15, 0.2) is 94.6 Å². The number of rotatable bonds is 6. The fraction of sp³-hybridized carbons (Fsp3) is 0.226. The largest absolute Gasteiger partial charge is 0.492 e. The third-order valence-corrected chi connectivity index (χ3v) is 7.18. The lowest BCUT2D eigenvalue weighted by atomic mass is 10.0. The molecule has 0 aliphatic carbocycles. The van der Waals surface area contributed by atoms with E-state index in [-0.39, 0.29) is 0 Å². The van der Waals surface area contributed by atoms with Crippen molar-refractivity contribution in [2.45, 2.75) is 0 Å². The summed E-state index contributed by atoms with van der Waals surface area (Å²) in [6.07, 6.45) is 1.83. The van der Waals surface area contributed by atoms with Crippen LogP contribution in [0, 0.1) is 0 Å². The normalized spacial score (nSPS) is 15.3. The van der Waals surface area contributed by atoms with Crippen LogP contribution in [0.1, 0.15) is 0 Å². The molecule has 2 aromatic heterocycles. The fourth-order valence-electron chi connectivity index (χ4n) is 4.90. The summed E-state index contributed by atoms with van der Waals surface area (Å²) in [5.74, 6) is 1.38. The number of fused-ring (bicyclic) bond motifs is 2. The Balaban J connectivity index is 1.27. The van der Waals surface area contributed by atoms with Crippen LogP contribution >= 0.6 is 0 Å². The number of hydrogen-bond acceptors (Lipinski definition) is 7. The van der Waals surface area contributed by atoms with Crippen molar-refractivity contribution in [1.29, 1.82) is 0 Å². The average Bonchev–Trinajstić information content (AvgIpc) is 2.97. The van der Waals surface area contributed by atoms with Crippen molar-refractivity contribution < 1.29 is 14.4 Å². The zero-order valence-electron chi connectivity index (χ0n) is 21.4. The molecule has 1 N–H and O–H groups in total. The molecule has 3 heterocycles. The summed E-state index contributed by atoms with van der Waals surface area (Å²) in [6.45, 7) is 5.95. The maximum Gasteiger partial charge on any atom is 0.155 e. The Labute approximate surface area is 221 Å². The molecular weight excluding hydrogens is 476 g/mol. The zero-order chi connectivity index (χ0) is 25.9. The summed E-state index contributed by atoms with van der Waals surface area (Å²) >= 11 is 0. The maximum absolute atomic E-state index is 9.73. The summed E-state index contributed by atoms with van der Waals surface area (Å²) in [5.41, 5.74) is 3.30. The topological polar surface area (TPSA) is 74.3 Å². The Hall–Kier alpha value is -4.20. The van der Waals surface area contributed by atoms with Crippen LogP contribution in [0.25, 0.3) is 44.3 Å². The molecule has 3 aromatic carbocycles. The van der Waals surface area contributed by atoms with Crippen molar-refractivity contribution in [1.82, 2.24) is 14.8 Å². The first kappa shape index (κ1) is 24.2. The standard InChI is InChI=1S/C31H30N4O3/c1-34-11-13-35(14-12-34)15-16-37-26-8-4-7-22(17-26)24-9-10-27-28(33-36)20-31(38-30(27)19-24)29-18-23-5-2-3-6-25(23)21-32-29/h2-10,17-21,36H,11-16H2,1H3/b33-28+. The smallest absolute Gasteiger partial charge is 0.155 e. The van der Waals surface area contributed by atoms with Gasteiger partial charge in [-0.2, -0.15) is 0 Å². The Morgan fingerprint density at radius 3 is 2.55 bits per heavy atom. The third kappa shape index (κ3) is 5.11. The number of pyridine rings is 1. The lowest BCUT2D eigenvalue weighted by molar-refractivity contribution is 0.134. The lowest BCUT2D eigenvalue weighted by Crippen LogP contribution is -2.45. The molecule has 1 aliphatic heterocycles. The predicted octanol–water partition coefficient (Wildman–Crippen LogP) is 5.23. The van der Waals surface area contributed by atoms with Crippen molar-refractivity contribution in [2.75, 3.05) is 46.4 Å². The van der Waals surface area contributed by atoms with Crippen molar-refractivity contribution in [2.24, 2.45) is 5.16 Å². The molecule has 0 atom stereocenters. The number of piperazine rings is 1. The summed E-state index contributed by atoms with van der Waals surface area (Å²) in [7, 11) is 2.17. The monoisotopic (exact) mass is 506 g/mol. The van der Waals surface area contributed by atoms with Crippen LogP contribution in [0.4, 0.5) is 0 Å². The molecule has 7 nitrogen and oxygen atoms in total. The van der Waals surface area contributed by atoms with Gasteiger partial charge in [-0.25, -0.2) is 0 Å². The summed E-state index contributed by atoms with van der Waals surface area (Å²) in [6, 6.07) is 25.7. The Bertz CT molecular complexity index is 1650. The van der Waals surface area contributed by atoms with Crippen molar-refractivity contribution >= 4 is 21.7 Å². The van der Waals surface area contributed by atoms with Crippen LogP contribution in [0.2, 0.25) is 0 Å². The highest BCUT2D eigenvalue weighted by Crippen LogP contribution is 2.29. The Kier molecular flexibility index (Phi) is 6.77. The van der Waals surface area contributed by atoms with Gasteiger partial charge in [-0.3, -0.25) is 9.88 Å². The number of likely N-dealkylation sites (N-methyl/N-ethyl adjacent to an activating group) is 1. The minimum absolute atomic E-state index is 0.434. The van der Waals surface area contributed by atoms with Crippen molar-refractivity contribution in [3.8, 4) is 28.3 Å². The molecule has 1 aliphatic rings. The highest BCUT2D eigenvalue weighted by Gasteiger charge is 2.14. The van der Waals surface area contributed by atoms with E-state index in [0.29, 0.717) is 29.0 Å². The highest BCUT2D eigenvalue weighted by atomic mass is 16.5. The van der Waals surface area contributed by atoms with Gasteiger partial charge in [-0.1, -0.05) is 47.6 Å². The van der Waals surface area contributed by atoms with Crippen LogP contribution in [0.5, 0.6) is 5.75 Å². The van der Waals surface area contributed by atoms with Gasteiger partial charge in [0.05, 0.1) is 0 Å². The number of aromatic nitrogens is 1. The first-order valence-corrected chi connectivity index (χ1v) is 12.9. The molecule has 38 heavy (non-hydrogen) atoms. The fourth-order valence-corrected chi connectivity index (χ4v) is 4.90. The molecule has 0 spiro atoms. The van der Waals surface area contributed by atoms with E-state index in [1.807, 2.05) is 66.9 Å². The Morgan fingerprint density at radius 2 is 1.71 bits per heavy atom. The van der Waals surface area contributed by atoms with Crippen molar-refractivity contribution in [3.05, 3.63) is 90.4 Å². The van der Waals surface area contributed by atoms with Crippen LogP contribution in [0.3, 0.4) is 0 Å². The number of benzene rings is 3. The van der Waals surface area contributed by atoms with E-state index in [1.54, 1.807) is 6.07 Å². The van der Waals surface area contributed by atoms with Gasteiger partial charge in [0.1, 0.15) is 29.0 Å². The van der Waals surface area contributed by atoms with Crippen molar-refractivity contribution in [3.63, 3.8) is 0 Å². The molecule has 0 radical (unpaired) electrons. The molecular formula is C31H30N4O3. The lowest BCUT2D eigenvalue weighted by Gasteiger charge is -2.32. The molecule has 0 amide bonds. The molecule has 0 bridgehead atoms. The van der Waals surface area contributed by atoms with Gasteiger partial charge in [0.2, 0.25) is 0 Å². The molecule has 1 saturated heterocycles. The van der Waals surface area contributed by atoms with E-state index in [0.717, 1.165) is 65.8 Å². The van der Waals surface area contributed by atoms with Gasteiger partial charge in [0.15, 0.2) is 5.76 Å². The van der Waals surface area contributed by atoms with Crippen LogP contribution < -0.4 is 10.1 Å². The minimum Gasteiger partial charge on any atom is -0.492 e. The second-order valence-corrected chi connectivity index (χ2v) is 9.74. The van der Waals surface area contributed by atoms with Gasteiger partial charge in [-0.05, 0) is 53.9 Å². The first-order valence-electron chi connectivity index (χ1n) is 12.9. The predicted molar refractivity (Wildman–Crippen MR) is 149 cm³/mol. The second-order valence-electron chi connectivity index (χ2n) is 9.74. The zero-order valence-corrected chi connectivity index (χ0v) is 21.4. The van der Waals surface area contributed by atoms with Gasteiger partial charge < -0.3 is 19.3 Å². The first-order chi connectivity index (χ1) is 18.7. The second kappa shape index (κ2) is 10.7. The highest BCUT2D eigenvalue weighted by molar-refractivity contribution is 5.86. The van der Waals surface area contributed by atoms with E-state index in [1.165, 1.54) is 0 Å². The summed E-state index contributed by atoms with van der Waals surface area (Å²) in [4.78, 5) is 9.38. The number of hydrogen-bond donors (Lipinski definition) is 1. The van der Waals surface area contributed by atoms with E-state index in [4.69, 9.17) is 9.15 Å². The summed E-state index contributed by atoms with van der Waals surface area (Å²) in [5, 5.41) is 16.5. The average molecular weight is 507 g/mol. The molecule has 6 rings (SSSR count). The number of ether oxygens (including phenoxy) is 1. The van der Waals surface area contributed by atoms with E-state index in [9.17, 15) is 5.21 Å². The van der Waals surface area contributed by atoms with E-state index >= 15 is 0 Å². The third-order valence-electron chi connectivity index (χ3n) is 7.18. The summed E-state index contributed by atoms with van der Waals surface area (Å²) < 4.78 is 12.4. The number of nitrogens with zero attached hydrogens (tertiary/aromatic N) is 4. The van der Waals surface area contributed by atoms with E-state index < -0.39 is 0 Å². The van der Waals surface area contributed by atoms with E-state index in [2.05, 4.69) is 39.1 Å². The maximum atomic E-state index is 9.73. The minimum atomic E-state index is 0.434. The molecule has 7 heteroatoms. The quantitative estimate of drug-likeness (QED) is 0.251. The van der Waals surface area contributed by atoms with Gasteiger partial charge in [0, 0.05) is 55.8 Å². The molecule has 192 valence electrons. The van der Waals surface area contributed by atoms with Crippen LogP contribution in [-0.4, -0.2) is 66.4 Å². The van der Waals surface area contributed by atoms with Crippen LogP contribution in [-0.2, 0) is 0 Å². The molecule has 1 fully saturated rings. The molecule has 0 saturated carbocycles. The molecule has 0 unspecified atom stereocenters. The van der Waals surface area contributed by atoms with Gasteiger partial charge in [0.25, 0.3) is 0 Å². The van der Waals surface area contributed by atoms with Gasteiger partial charge in [-0.15, -0.1) is 0 Å². The SMILES string of the molecule is CN1CCN(CCOc2cccc(-c3ccc4/c(=N/O)cc(-c5cc6ccccc6cn5)oc4c3)c2)CC1. The Morgan fingerprint density at radius 1 is 0.895 bits per heavy atom. The van der Waals surface area contributed by atoms with Gasteiger partial charge >= 0.3 is 0 Å². The molecule has 5 aromatic rings.